The largest absolute Gasteiger partial charge is 0.495 e. The van der Waals surface area contributed by atoms with Gasteiger partial charge in [-0.25, -0.2) is 8.42 Å². The van der Waals surface area contributed by atoms with Crippen molar-refractivity contribution in [2.75, 3.05) is 25.5 Å². The molecule has 7 nitrogen and oxygen atoms in total. The number of benzene rings is 2. The number of anilines is 1. The highest BCUT2D eigenvalue weighted by atomic mass is 32.2. The predicted molar refractivity (Wildman–Crippen MR) is 116 cm³/mol. The lowest BCUT2D eigenvalue weighted by molar-refractivity contribution is -0.111. The minimum Gasteiger partial charge on any atom is -0.495 e. The molecule has 0 bridgehead atoms. The number of hydrogen-bond donors (Lipinski definition) is 1. The van der Waals surface area contributed by atoms with Gasteiger partial charge in [0, 0.05) is 24.9 Å². The van der Waals surface area contributed by atoms with Gasteiger partial charge in [0.25, 0.3) is 0 Å². The first-order valence-corrected chi connectivity index (χ1v) is 11.5. The van der Waals surface area contributed by atoms with Crippen LogP contribution in [-0.2, 0) is 14.8 Å². The monoisotopic (exact) mass is 466 g/mol. The Balaban J connectivity index is 1.72. The third kappa shape index (κ3) is 6.04. The molecule has 0 aromatic heterocycles. The topological polar surface area (TPSA) is 84.9 Å². The third-order valence-electron chi connectivity index (χ3n) is 4.89. The zero-order chi connectivity index (χ0) is 23.1. The highest BCUT2D eigenvalue weighted by Crippen LogP contribution is 2.30. The van der Waals surface area contributed by atoms with Gasteiger partial charge in [-0.1, -0.05) is 12.5 Å². The van der Waals surface area contributed by atoms with Crippen molar-refractivity contribution in [3.8, 4) is 11.5 Å². The predicted octanol–water partition coefficient (Wildman–Crippen LogP) is 4.12. The number of methoxy groups -OCH3 is 1. The maximum absolute atomic E-state index is 13.1. The van der Waals surface area contributed by atoms with E-state index in [1.54, 1.807) is 12.1 Å². The summed E-state index contributed by atoms with van der Waals surface area (Å²) in [5, 5.41) is 2.59. The zero-order valence-electron chi connectivity index (χ0n) is 17.5. The quantitative estimate of drug-likeness (QED) is 0.592. The number of hydrogen-bond acceptors (Lipinski definition) is 5. The molecule has 1 aliphatic rings. The number of halogens is 2. The van der Waals surface area contributed by atoms with Gasteiger partial charge in [0.2, 0.25) is 15.9 Å². The number of carbonyl (C=O) groups excluding carboxylic acids is 1. The van der Waals surface area contributed by atoms with E-state index >= 15 is 0 Å². The average molecular weight is 467 g/mol. The Hall–Kier alpha value is -2.98. The molecule has 10 heteroatoms. The van der Waals surface area contributed by atoms with Gasteiger partial charge < -0.3 is 14.8 Å². The molecule has 1 amide bonds. The highest BCUT2D eigenvalue weighted by molar-refractivity contribution is 7.89. The zero-order valence-corrected chi connectivity index (χ0v) is 18.3. The molecule has 0 unspecified atom stereocenters. The van der Waals surface area contributed by atoms with E-state index < -0.39 is 22.5 Å². The SMILES string of the molecule is COc1ccc(/C=C/C(=O)Nc2ccc(OC(F)F)cc2)cc1S(=O)(=O)N1CCCCC1. The molecule has 3 rings (SSSR count). The van der Waals surface area contributed by atoms with Crippen LogP contribution in [0.3, 0.4) is 0 Å². The Morgan fingerprint density at radius 3 is 2.41 bits per heavy atom. The molecule has 2 aromatic rings. The van der Waals surface area contributed by atoms with E-state index in [9.17, 15) is 22.0 Å². The minimum absolute atomic E-state index is 0.0192. The number of carbonyl (C=O) groups is 1. The number of nitrogens with one attached hydrogen (secondary N) is 1. The van der Waals surface area contributed by atoms with Crippen molar-refractivity contribution in [3.63, 3.8) is 0 Å². The van der Waals surface area contributed by atoms with Gasteiger partial charge in [0.15, 0.2) is 0 Å². The van der Waals surface area contributed by atoms with Gasteiger partial charge in [-0.05, 0) is 60.9 Å². The number of piperidine rings is 1. The normalized spacial score (nSPS) is 15.1. The van der Waals surface area contributed by atoms with Crippen molar-refractivity contribution in [1.82, 2.24) is 4.31 Å². The Labute approximate surface area is 185 Å². The second kappa shape index (κ2) is 10.6. The molecule has 2 aromatic carbocycles. The highest BCUT2D eigenvalue weighted by Gasteiger charge is 2.29. The summed E-state index contributed by atoms with van der Waals surface area (Å²) >= 11 is 0. The first-order valence-electron chi connectivity index (χ1n) is 10.0. The van der Waals surface area contributed by atoms with Crippen LogP contribution in [0.4, 0.5) is 14.5 Å². The van der Waals surface area contributed by atoms with Crippen molar-refractivity contribution in [2.24, 2.45) is 0 Å². The summed E-state index contributed by atoms with van der Waals surface area (Å²) in [6, 6.07) is 10.2. The standard InChI is InChI=1S/C22H24F2N2O5S/c1-30-19-11-5-16(15-20(19)32(28,29)26-13-3-2-4-14-26)6-12-21(27)25-17-7-9-18(10-8-17)31-22(23)24/h5-12,15,22H,2-4,13-14H2,1H3,(H,25,27)/b12-6+. The first-order chi connectivity index (χ1) is 15.3. The maximum atomic E-state index is 13.1. The van der Waals surface area contributed by atoms with Crippen LogP contribution in [0, 0.1) is 0 Å². The molecular weight excluding hydrogens is 442 g/mol. The molecule has 32 heavy (non-hydrogen) atoms. The van der Waals surface area contributed by atoms with E-state index in [0.717, 1.165) is 19.3 Å². The van der Waals surface area contributed by atoms with E-state index in [-0.39, 0.29) is 16.4 Å². The van der Waals surface area contributed by atoms with E-state index in [2.05, 4.69) is 10.1 Å². The molecule has 0 radical (unpaired) electrons. The Morgan fingerprint density at radius 2 is 1.78 bits per heavy atom. The summed E-state index contributed by atoms with van der Waals surface area (Å²) in [5.74, 6) is -0.249. The van der Waals surface area contributed by atoms with Crippen LogP contribution >= 0.6 is 0 Å². The van der Waals surface area contributed by atoms with Gasteiger partial charge in [-0.15, -0.1) is 0 Å². The Morgan fingerprint density at radius 1 is 1.09 bits per heavy atom. The number of rotatable bonds is 8. The Bertz CT molecular complexity index is 1070. The summed E-state index contributed by atoms with van der Waals surface area (Å²) in [4.78, 5) is 12.3. The summed E-state index contributed by atoms with van der Waals surface area (Å²) < 4.78 is 61.5. The molecule has 1 N–H and O–H groups in total. The fourth-order valence-corrected chi connectivity index (χ4v) is 5.03. The van der Waals surface area contributed by atoms with Crippen LogP contribution < -0.4 is 14.8 Å². The van der Waals surface area contributed by atoms with Crippen molar-refractivity contribution in [1.29, 1.82) is 0 Å². The van der Waals surface area contributed by atoms with Crippen LogP contribution in [0.2, 0.25) is 0 Å². The van der Waals surface area contributed by atoms with Crippen LogP contribution in [0.5, 0.6) is 11.5 Å². The lowest BCUT2D eigenvalue weighted by Gasteiger charge is -2.26. The smallest absolute Gasteiger partial charge is 0.387 e. The molecular formula is C22H24F2N2O5S. The fourth-order valence-electron chi connectivity index (χ4n) is 3.32. The van der Waals surface area contributed by atoms with Gasteiger partial charge >= 0.3 is 6.61 Å². The first kappa shape index (κ1) is 23.7. The summed E-state index contributed by atoms with van der Waals surface area (Å²) in [5.41, 5.74) is 0.904. The molecule has 0 atom stereocenters. The summed E-state index contributed by atoms with van der Waals surface area (Å²) in [6.07, 6.45) is 5.37. The lowest BCUT2D eigenvalue weighted by atomic mass is 10.2. The number of nitrogens with zero attached hydrogens (tertiary/aromatic N) is 1. The second-order valence-electron chi connectivity index (χ2n) is 7.10. The van der Waals surface area contributed by atoms with Gasteiger partial charge in [-0.2, -0.15) is 13.1 Å². The minimum atomic E-state index is -3.72. The van der Waals surface area contributed by atoms with Gasteiger partial charge in [0.1, 0.15) is 16.4 Å². The number of ether oxygens (including phenoxy) is 2. The van der Waals surface area contributed by atoms with Crippen molar-refractivity contribution >= 4 is 27.7 Å². The van der Waals surface area contributed by atoms with Gasteiger partial charge in [0.05, 0.1) is 7.11 Å². The van der Waals surface area contributed by atoms with Crippen LogP contribution in [0.15, 0.2) is 53.4 Å². The van der Waals surface area contributed by atoms with Crippen LogP contribution in [0.25, 0.3) is 6.08 Å². The van der Waals surface area contributed by atoms with Crippen LogP contribution in [-0.4, -0.2) is 45.4 Å². The molecule has 1 saturated heterocycles. The molecule has 0 spiro atoms. The van der Waals surface area contributed by atoms with E-state index in [1.807, 2.05) is 0 Å². The van der Waals surface area contributed by atoms with Crippen LogP contribution in [0.1, 0.15) is 24.8 Å². The van der Waals surface area contributed by atoms with Crippen molar-refractivity contribution in [2.45, 2.75) is 30.8 Å². The third-order valence-corrected chi connectivity index (χ3v) is 6.81. The van der Waals surface area contributed by atoms with E-state index in [4.69, 9.17) is 4.74 Å². The van der Waals surface area contributed by atoms with Gasteiger partial charge in [-0.3, -0.25) is 4.79 Å². The molecule has 0 aliphatic carbocycles. The maximum Gasteiger partial charge on any atom is 0.387 e. The van der Waals surface area contributed by atoms with E-state index in [0.29, 0.717) is 24.3 Å². The molecule has 1 aliphatic heterocycles. The van der Waals surface area contributed by atoms with Crippen molar-refractivity contribution < 1.29 is 31.5 Å². The molecule has 0 saturated carbocycles. The molecule has 1 heterocycles. The number of alkyl halides is 2. The lowest BCUT2D eigenvalue weighted by Crippen LogP contribution is -2.35. The second-order valence-corrected chi connectivity index (χ2v) is 9.01. The number of amides is 1. The van der Waals surface area contributed by atoms with Crippen molar-refractivity contribution in [3.05, 3.63) is 54.1 Å². The molecule has 1 fully saturated rings. The Kier molecular flexibility index (Phi) is 7.81. The average Bonchev–Trinajstić information content (AvgIpc) is 2.79. The number of sulfonamides is 1. The summed E-state index contributed by atoms with van der Waals surface area (Å²) in [7, 11) is -2.31. The molecule has 172 valence electrons. The fraction of sp³-hybridized carbons (Fsp3) is 0.318. The van der Waals surface area contributed by atoms with E-state index in [1.165, 1.54) is 53.9 Å². The summed E-state index contributed by atoms with van der Waals surface area (Å²) in [6.45, 7) is -1.99.